The summed E-state index contributed by atoms with van der Waals surface area (Å²) in [5, 5.41) is 11.0. The van der Waals surface area contributed by atoms with Gasteiger partial charge in [0.25, 0.3) is 0 Å². The van der Waals surface area contributed by atoms with E-state index in [1.807, 2.05) is 6.92 Å². The summed E-state index contributed by atoms with van der Waals surface area (Å²) >= 11 is 1.62. The molecule has 1 aliphatic heterocycles. The lowest BCUT2D eigenvalue weighted by atomic mass is 9.77. The molecule has 1 saturated heterocycles. The number of hydrogen-bond donors (Lipinski definition) is 1. The molecule has 0 aromatic carbocycles. The fourth-order valence-corrected chi connectivity index (χ4v) is 5.41. The smallest absolute Gasteiger partial charge is 0.336 e. The molecule has 1 saturated carbocycles. The zero-order valence-corrected chi connectivity index (χ0v) is 16.3. The predicted octanol–water partition coefficient (Wildman–Crippen LogP) is 4.17. The number of methoxy groups -OCH3 is 1. The maximum absolute atomic E-state index is 11.2. The average Bonchev–Trinajstić information content (AvgIpc) is 2.88. The third-order valence-corrected chi connectivity index (χ3v) is 7.18. The van der Waals surface area contributed by atoms with Crippen molar-refractivity contribution < 1.29 is 14.6 Å². The highest BCUT2D eigenvalue weighted by molar-refractivity contribution is 7.10. The SMILES string of the molecule is COC1CN(C2CCC([C@@H](C)c3scc(C(=O)O)c3C)CC2)C1.Cl. The minimum absolute atomic E-state index is 0. The van der Waals surface area contributed by atoms with Gasteiger partial charge in [0.15, 0.2) is 0 Å². The molecular weight excluding hydrogens is 346 g/mol. The molecule has 1 atom stereocenters. The van der Waals surface area contributed by atoms with Crippen molar-refractivity contribution in [3.05, 3.63) is 21.4 Å². The maximum atomic E-state index is 11.2. The first-order valence-electron chi connectivity index (χ1n) is 8.59. The van der Waals surface area contributed by atoms with Gasteiger partial charge in [-0.2, -0.15) is 0 Å². The number of halogens is 1. The highest BCUT2D eigenvalue weighted by atomic mass is 35.5. The Balaban J connectivity index is 0.00000208. The van der Waals surface area contributed by atoms with Gasteiger partial charge in [-0.05, 0) is 50.0 Å². The summed E-state index contributed by atoms with van der Waals surface area (Å²) in [4.78, 5) is 15.1. The number of hydrogen-bond acceptors (Lipinski definition) is 4. The van der Waals surface area contributed by atoms with Crippen LogP contribution in [0.25, 0.3) is 0 Å². The lowest BCUT2D eigenvalue weighted by molar-refractivity contribution is -0.0600. The number of aromatic carboxylic acids is 1. The molecule has 3 rings (SSSR count). The minimum Gasteiger partial charge on any atom is -0.478 e. The summed E-state index contributed by atoms with van der Waals surface area (Å²) in [5.74, 6) is 0.355. The van der Waals surface area contributed by atoms with Crippen LogP contribution in [0.1, 0.15) is 59.3 Å². The van der Waals surface area contributed by atoms with Gasteiger partial charge in [0, 0.05) is 36.5 Å². The van der Waals surface area contributed by atoms with Crippen molar-refractivity contribution in [3.63, 3.8) is 0 Å². The van der Waals surface area contributed by atoms with E-state index in [2.05, 4.69) is 11.8 Å². The summed E-state index contributed by atoms with van der Waals surface area (Å²) < 4.78 is 5.37. The Kier molecular flexibility index (Phi) is 6.71. The second kappa shape index (κ2) is 8.17. The number of carbonyl (C=O) groups is 1. The number of carboxylic acids is 1. The number of ether oxygens (including phenoxy) is 1. The molecule has 1 aliphatic carbocycles. The molecule has 2 aliphatic rings. The maximum Gasteiger partial charge on any atom is 0.336 e. The third-order valence-electron chi connectivity index (χ3n) is 5.90. The van der Waals surface area contributed by atoms with E-state index in [9.17, 15) is 9.90 Å². The Bertz CT molecular complexity index is 563. The van der Waals surface area contributed by atoms with E-state index in [4.69, 9.17) is 4.74 Å². The van der Waals surface area contributed by atoms with Crippen LogP contribution in [-0.2, 0) is 4.74 Å². The second-order valence-electron chi connectivity index (χ2n) is 7.11. The average molecular weight is 374 g/mol. The monoisotopic (exact) mass is 373 g/mol. The summed E-state index contributed by atoms with van der Waals surface area (Å²) in [6, 6.07) is 0.726. The molecule has 0 unspecified atom stereocenters. The molecule has 2 fully saturated rings. The lowest BCUT2D eigenvalue weighted by Gasteiger charge is -2.46. The van der Waals surface area contributed by atoms with Crippen molar-refractivity contribution >= 4 is 29.7 Å². The summed E-state index contributed by atoms with van der Waals surface area (Å²) in [5.41, 5.74) is 1.46. The normalized spacial score (nSPS) is 26.5. The zero-order chi connectivity index (χ0) is 16.6. The fourth-order valence-electron chi connectivity index (χ4n) is 4.19. The van der Waals surface area contributed by atoms with Gasteiger partial charge in [-0.3, -0.25) is 4.90 Å². The molecule has 0 amide bonds. The second-order valence-corrected chi connectivity index (χ2v) is 8.02. The number of nitrogens with zero attached hydrogens (tertiary/aromatic N) is 1. The van der Waals surface area contributed by atoms with Gasteiger partial charge in [0.05, 0.1) is 11.7 Å². The van der Waals surface area contributed by atoms with Gasteiger partial charge in [-0.15, -0.1) is 23.7 Å². The molecule has 2 heterocycles. The van der Waals surface area contributed by atoms with E-state index >= 15 is 0 Å². The largest absolute Gasteiger partial charge is 0.478 e. The van der Waals surface area contributed by atoms with Gasteiger partial charge in [0.2, 0.25) is 0 Å². The van der Waals surface area contributed by atoms with Crippen LogP contribution >= 0.6 is 23.7 Å². The van der Waals surface area contributed by atoms with Crippen LogP contribution in [0, 0.1) is 12.8 Å². The van der Waals surface area contributed by atoms with Gasteiger partial charge in [-0.25, -0.2) is 4.79 Å². The molecule has 1 aromatic rings. The van der Waals surface area contributed by atoms with Crippen LogP contribution in [0.2, 0.25) is 0 Å². The topological polar surface area (TPSA) is 49.8 Å². The van der Waals surface area contributed by atoms with E-state index in [1.54, 1.807) is 23.8 Å². The van der Waals surface area contributed by atoms with Gasteiger partial charge in [0.1, 0.15) is 0 Å². The van der Waals surface area contributed by atoms with Crippen molar-refractivity contribution in [2.45, 2.75) is 57.6 Å². The van der Waals surface area contributed by atoms with Crippen LogP contribution in [0.15, 0.2) is 5.38 Å². The first-order valence-corrected chi connectivity index (χ1v) is 9.47. The fraction of sp³-hybridized carbons (Fsp3) is 0.722. The van der Waals surface area contributed by atoms with E-state index in [-0.39, 0.29) is 12.4 Å². The summed E-state index contributed by atoms with van der Waals surface area (Å²) in [7, 11) is 1.80. The van der Waals surface area contributed by atoms with E-state index < -0.39 is 5.97 Å². The minimum atomic E-state index is -0.800. The molecule has 0 spiro atoms. The highest BCUT2D eigenvalue weighted by Crippen LogP contribution is 2.41. The third kappa shape index (κ3) is 3.79. The molecule has 1 aromatic heterocycles. The van der Waals surface area contributed by atoms with E-state index in [1.165, 1.54) is 30.6 Å². The predicted molar refractivity (Wildman–Crippen MR) is 99.8 cm³/mol. The van der Waals surface area contributed by atoms with Crippen molar-refractivity contribution in [2.75, 3.05) is 20.2 Å². The van der Waals surface area contributed by atoms with E-state index in [0.717, 1.165) is 24.7 Å². The Labute approximate surface area is 154 Å². The molecule has 1 N–H and O–H groups in total. The van der Waals surface area contributed by atoms with Gasteiger partial charge >= 0.3 is 5.97 Å². The van der Waals surface area contributed by atoms with Crippen LogP contribution in [0.3, 0.4) is 0 Å². The van der Waals surface area contributed by atoms with Crippen molar-refractivity contribution in [1.82, 2.24) is 4.90 Å². The number of likely N-dealkylation sites (tertiary alicyclic amines) is 1. The quantitative estimate of drug-likeness (QED) is 0.841. The molecule has 136 valence electrons. The Morgan fingerprint density at radius 1 is 1.33 bits per heavy atom. The Morgan fingerprint density at radius 2 is 1.96 bits per heavy atom. The summed E-state index contributed by atoms with van der Waals surface area (Å²) in [6.45, 7) is 6.42. The van der Waals surface area contributed by atoms with Gasteiger partial charge in [-0.1, -0.05) is 6.92 Å². The zero-order valence-electron chi connectivity index (χ0n) is 14.7. The molecule has 0 radical (unpaired) electrons. The van der Waals surface area contributed by atoms with Crippen molar-refractivity contribution in [3.8, 4) is 0 Å². The molecule has 24 heavy (non-hydrogen) atoms. The molecule has 6 heteroatoms. The Morgan fingerprint density at radius 3 is 2.46 bits per heavy atom. The lowest BCUT2D eigenvalue weighted by Crippen LogP contribution is -2.56. The van der Waals surface area contributed by atoms with Gasteiger partial charge < -0.3 is 9.84 Å². The number of carboxylic acid groups (broad SMARTS) is 1. The van der Waals surface area contributed by atoms with Crippen molar-refractivity contribution in [1.29, 1.82) is 0 Å². The number of rotatable bonds is 5. The van der Waals surface area contributed by atoms with Crippen LogP contribution in [-0.4, -0.2) is 48.3 Å². The first kappa shape index (κ1) is 19.7. The van der Waals surface area contributed by atoms with E-state index in [0.29, 0.717) is 23.5 Å². The van der Waals surface area contributed by atoms with Crippen LogP contribution in [0.5, 0.6) is 0 Å². The van der Waals surface area contributed by atoms with Crippen molar-refractivity contribution in [2.24, 2.45) is 5.92 Å². The molecule has 0 bridgehead atoms. The Hall–Kier alpha value is -0.620. The van der Waals surface area contributed by atoms with Crippen LogP contribution in [0.4, 0.5) is 0 Å². The highest BCUT2D eigenvalue weighted by Gasteiger charge is 2.36. The first-order chi connectivity index (χ1) is 11.0. The molecule has 4 nitrogen and oxygen atoms in total. The molecular formula is C18H28ClNO3S. The summed E-state index contributed by atoms with van der Waals surface area (Å²) in [6.07, 6.45) is 5.47. The van der Waals surface area contributed by atoms with Crippen LogP contribution < -0.4 is 0 Å². The number of thiophene rings is 1. The standard InChI is InChI=1S/C18H27NO3S.ClH/c1-11(17-12(2)16(10-23-17)18(20)21)13-4-6-14(7-5-13)19-8-15(9-19)22-3;/h10-11,13-15H,4-9H2,1-3H3,(H,20,21);1H/t11-,13?,14?;/m1./s1.